The number of amides is 1. The van der Waals surface area contributed by atoms with Crippen LogP contribution in [0.15, 0.2) is 42.7 Å². The Bertz CT molecular complexity index is 725. The summed E-state index contributed by atoms with van der Waals surface area (Å²) in [6.07, 6.45) is 4.12. The Morgan fingerprint density at radius 2 is 2.29 bits per heavy atom. The summed E-state index contributed by atoms with van der Waals surface area (Å²) in [6, 6.07) is 8.46. The molecular weight excluding hydrogens is 329 g/mol. The van der Waals surface area contributed by atoms with Crippen molar-refractivity contribution in [3.05, 3.63) is 64.7 Å². The predicted molar refractivity (Wildman–Crippen MR) is 91.5 cm³/mol. The lowest BCUT2D eigenvalue weighted by Gasteiger charge is -2.26. The maximum absolute atomic E-state index is 13.8. The van der Waals surface area contributed by atoms with Crippen molar-refractivity contribution in [1.29, 1.82) is 0 Å². The van der Waals surface area contributed by atoms with Gasteiger partial charge < -0.3 is 5.32 Å². The first-order chi connectivity index (χ1) is 11.6. The van der Waals surface area contributed by atoms with Gasteiger partial charge in [-0.05, 0) is 55.8 Å². The second-order valence-corrected chi connectivity index (χ2v) is 6.51. The number of benzene rings is 1. The number of pyridine rings is 1. The van der Waals surface area contributed by atoms with Gasteiger partial charge in [-0.2, -0.15) is 0 Å². The molecule has 2 aromatic rings. The highest BCUT2D eigenvalue weighted by Crippen LogP contribution is 2.36. The molecule has 1 aliphatic heterocycles. The number of aromatic nitrogens is 1. The first-order valence-electron chi connectivity index (χ1n) is 7.89. The molecule has 1 aromatic heterocycles. The van der Waals surface area contributed by atoms with Crippen molar-refractivity contribution >= 4 is 17.5 Å². The van der Waals surface area contributed by atoms with Crippen molar-refractivity contribution in [3.8, 4) is 0 Å². The number of likely N-dealkylation sites (tertiary alicyclic amines) is 1. The average molecular weight is 348 g/mol. The minimum absolute atomic E-state index is 0.0611. The van der Waals surface area contributed by atoms with Gasteiger partial charge in [-0.25, -0.2) is 4.39 Å². The van der Waals surface area contributed by atoms with E-state index in [2.05, 4.69) is 15.2 Å². The number of nitrogens with one attached hydrogen (secondary N) is 1. The van der Waals surface area contributed by atoms with Gasteiger partial charge in [0.2, 0.25) is 0 Å². The largest absolute Gasteiger partial charge is 0.352 e. The van der Waals surface area contributed by atoms with Crippen LogP contribution < -0.4 is 5.32 Å². The Kier molecular flexibility index (Phi) is 5.11. The molecule has 126 valence electrons. The van der Waals surface area contributed by atoms with Crippen molar-refractivity contribution in [2.75, 3.05) is 20.1 Å². The average Bonchev–Trinajstić information content (AvgIpc) is 2.96. The lowest BCUT2D eigenvalue weighted by molar-refractivity contribution is 0.0943. The van der Waals surface area contributed by atoms with Crippen LogP contribution in [-0.2, 0) is 0 Å². The number of nitrogens with zero attached hydrogens (tertiary/aromatic N) is 2. The maximum atomic E-state index is 13.8. The van der Waals surface area contributed by atoms with Gasteiger partial charge in [0.25, 0.3) is 5.91 Å². The van der Waals surface area contributed by atoms with Crippen molar-refractivity contribution in [1.82, 2.24) is 15.2 Å². The molecule has 1 N–H and O–H groups in total. The summed E-state index contributed by atoms with van der Waals surface area (Å²) in [4.78, 5) is 18.3. The maximum Gasteiger partial charge on any atom is 0.252 e. The van der Waals surface area contributed by atoms with E-state index < -0.39 is 5.82 Å². The van der Waals surface area contributed by atoms with Crippen LogP contribution in [0.2, 0.25) is 5.02 Å². The molecule has 0 bridgehead atoms. The topological polar surface area (TPSA) is 45.2 Å². The van der Waals surface area contributed by atoms with Gasteiger partial charge in [0.1, 0.15) is 5.82 Å². The van der Waals surface area contributed by atoms with E-state index in [0.29, 0.717) is 12.1 Å². The lowest BCUT2D eigenvalue weighted by atomic mass is 9.93. The Morgan fingerprint density at radius 1 is 1.46 bits per heavy atom. The van der Waals surface area contributed by atoms with Crippen LogP contribution in [0.4, 0.5) is 4.39 Å². The van der Waals surface area contributed by atoms with Crippen molar-refractivity contribution in [3.63, 3.8) is 0 Å². The Hall–Kier alpha value is -1.98. The molecule has 3 rings (SSSR count). The number of hydrogen-bond donors (Lipinski definition) is 1. The van der Waals surface area contributed by atoms with E-state index in [-0.39, 0.29) is 22.9 Å². The standard InChI is InChI=1S/C18H19ClFN3O/c1-23-8-6-13(11-22-18(24)14-3-2-7-21-10-14)17(23)12-4-5-15(19)16(20)9-12/h2-5,7,9-10,13,17H,6,8,11H2,1H3,(H,22,24)/t13-,17+/m1/s1. The summed E-state index contributed by atoms with van der Waals surface area (Å²) < 4.78 is 13.8. The zero-order valence-electron chi connectivity index (χ0n) is 13.4. The molecule has 24 heavy (non-hydrogen) atoms. The molecule has 1 aliphatic rings. The highest BCUT2D eigenvalue weighted by molar-refractivity contribution is 6.30. The third kappa shape index (κ3) is 3.57. The molecule has 0 aliphatic carbocycles. The fraction of sp³-hybridized carbons (Fsp3) is 0.333. The molecule has 2 atom stereocenters. The van der Waals surface area contributed by atoms with Crippen LogP contribution in [0.25, 0.3) is 0 Å². The minimum atomic E-state index is -0.410. The molecule has 0 unspecified atom stereocenters. The highest BCUT2D eigenvalue weighted by atomic mass is 35.5. The molecule has 0 spiro atoms. The summed E-state index contributed by atoms with van der Waals surface area (Å²) in [6.45, 7) is 1.44. The molecule has 4 nitrogen and oxygen atoms in total. The Morgan fingerprint density at radius 3 is 3.00 bits per heavy atom. The first-order valence-corrected chi connectivity index (χ1v) is 8.27. The van der Waals surface area contributed by atoms with Crippen LogP contribution >= 0.6 is 11.6 Å². The van der Waals surface area contributed by atoms with Gasteiger partial charge in [0.15, 0.2) is 0 Å². The normalized spacial score (nSPS) is 21.0. The third-order valence-corrected chi connectivity index (χ3v) is 4.81. The molecule has 0 radical (unpaired) electrons. The van der Waals surface area contributed by atoms with Gasteiger partial charge in [0.05, 0.1) is 10.6 Å². The number of carbonyl (C=O) groups is 1. The molecule has 2 heterocycles. The van der Waals surface area contributed by atoms with Gasteiger partial charge in [-0.1, -0.05) is 17.7 Å². The third-order valence-electron chi connectivity index (χ3n) is 4.51. The zero-order valence-corrected chi connectivity index (χ0v) is 14.1. The van der Waals surface area contributed by atoms with Gasteiger partial charge in [0, 0.05) is 25.0 Å². The molecule has 1 fully saturated rings. The quantitative estimate of drug-likeness (QED) is 0.923. The van der Waals surface area contributed by atoms with Crippen molar-refractivity contribution in [2.24, 2.45) is 5.92 Å². The van der Waals surface area contributed by atoms with E-state index in [0.717, 1.165) is 18.5 Å². The van der Waals surface area contributed by atoms with Crippen LogP contribution in [0.3, 0.4) is 0 Å². The Labute approximate surface area is 145 Å². The van der Waals surface area contributed by atoms with E-state index in [9.17, 15) is 9.18 Å². The predicted octanol–water partition coefficient (Wildman–Crippen LogP) is 3.30. The fourth-order valence-corrected chi connectivity index (χ4v) is 3.40. The summed E-state index contributed by atoms with van der Waals surface area (Å²) in [5.74, 6) is -0.331. The number of halogens is 2. The molecule has 1 saturated heterocycles. The van der Waals surface area contributed by atoms with Crippen LogP contribution in [-0.4, -0.2) is 35.9 Å². The summed E-state index contributed by atoms with van der Waals surface area (Å²) in [7, 11) is 2.01. The van der Waals surface area contributed by atoms with E-state index in [1.165, 1.54) is 6.07 Å². The van der Waals surface area contributed by atoms with Gasteiger partial charge >= 0.3 is 0 Å². The number of hydrogen-bond acceptors (Lipinski definition) is 3. The number of carbonyl (C=O) groups excluding carboxylic acids is 1. The SMILES string of the molecule is CN1CC[C@H](CNC(=O)c2cccnc2)[C@@H]1c1ccc(Cl)c(F)c1. The van der Waals surface area contributed by atoms with Crippen molar-refractivity contribution < 1.29 is 9.18 Å². The van der Waals surface area contributed by atoms with Gasteiger partial charge in [-0.3, -0.25) is 14.7 Å². The molecular formula is C18H19ClFN3O. The summed E-state index contributed by atoms with van der Waals surface area (Å²) in [5.41, 5.74) is 1.43. The number of rotatable bonds is 4. The molecule has 1 aromatic carbocycles. The van der Waals surface area contributed by atoms with Gasteiger partial charge in [-0.15, -0.1) is 0 Å². The lowest BCUT2D eigenvalue weighted by Crippen LogP contribution is -2.32. The minimum Gasteiger partial charge on any atom is -0.352 e. The van der Waals surface area contributed by atoms with Crippen LogP contribution in [0.5, 0.6) is 0 Å². The zero-order chi connectivity index (χ0) is 17.1. The monoisotopic (exact) mass is 347 g/mol. The van der Waals surface area contributed by atoms with Crippen LogP contribution in [0.1, 0.15) is 28.4 Å². The fourth-order valence-electron chi connectivity index (χ4n) is 3.29. The first kappa shape index (κ1) is 16.9. The summed E-state index contributed by atoms with van der Waals surface area (Å²) >= 11 is 5.78. The summed E-state index contributed by atoms with van der Waals surface area (Å²) in [5, 5.41) is 3.09. The van der Waals surface area contributed by atoms with E-state index in [4.69, 9.17) is 11.6 Å². The van der Waals surface area contributed by atoms with Crippen molar-refractivity contribution in [2.45, 2.75) is 12.5 Å². The smallest absolute Gasteiger partial charge is 0.252 e. The molecule has 6 heteroatoms. The second kappa shape index (κ2) is 7.28. The second-order valence-electron chi connectivity index (χ2n) is 6.10. The molecule has 0 saturated carbocycles. The van der Waals surface area contributed by atoms with E-state index in [1.54, 1.807) is 30.6 Å². The van der Waals surface area contributed by atoms with E-state index >= 15 is 0 Å². The Balaban J connectivity index is 1.70. The molecule has 1 amide bonds. The van der Waals surface area contributed by atoms with Crippen LogP contribution in [0, 0.1) is 11.7 Å². The van der Waals surface area contributed by atoms with E-state index in [1.807, 2.05) is 13.1 Å². The highest BCUT2D eigenvalue weighted by Gasteiger charge is 2.33.